The van der Waals surface area contributed by atoms with Gasteiger partial charge in [-0.1, -0.05) is 6.42 Å². The predicted octanol–water partition coefficient (Wildman–Crippen LogP) is 7.75. The molecule has 2 nitrogen and oxygen atoms in total. The van der Waals surface area contributed by atoms with Crippen LogP contribution in [0, 0.1) is 0 Å². The molecule has 1 aliphatic rings. The molecule has 37 heavy (non-hydrogen) atoms. The lowest BCUT2D eigenvalue weighted by Crippen LogP contribution is -2.73. The Balaban J connectivity index is 3.08. The van der Waals surface area contributed by atoms with Gasteiger partial charge in [-0.25, -0.2) is 0 Å². The van der Waals surface area contributed by atoms with E-state index < -0.39 is 105 Å². The van der Waals surface area contributed by atoms with E-state index in [1.165, 1.54) is 0 Å². The molecule has 0 spiro atoms. The summed E-state index contributed by atoms with van der Waals surface area (Å²) < 4.78 is 237. The van der Waals surface area contributed by atoms with Gasteiger partial charge in [0.25, 0.3) is 0 Å². The zero-order valence-electron chi connectivity index (χ0n) is 18.2. The standard InChI is InChI=1S/C18H19F17O2/c19-11(20,4-2-1-3-5-13(23,24)25)14(26,27)16(30,31)18(34,35)17(32,33)15(28,29)12(21,22)6-7-36-8-10-9-37-10/h10H,1-9H2. The van der Waals surface area contributed by atoms with Crippen LogP contribution in [0.5, 0.6) is 0 Å². The normalized spacial score (nSPS) is 18.9. The highest BCUT2D eigenvalue weighted by Crippen LogP contribution is 2.63. The summed E-state index contributed by atoms with van der Waals surface area (Å²) >= 11 is 0. The van der Waals surface area contributed by atoms with E-state index in [-0.39, 0.29) is 6.61 Å². The third-order valence-corrected chi connectivity index (χ3v) is 5.21. The van der Waals surface area contributed by atoms with Crippen molar-refractivity contribution >= 4 is 0 Å². The van der Waals surface area contributed by atoms with Gasteiger partial charge >= 0.3 is 47.6 Å². The zero-order chi connectivity index (χ0) is 29.4. The number of epoxide rings is 1. The van der Waals surface area contributed by atoms with Crippen molar-refractivity contribution in [1.82, 2.24) is 0 Å². The monoisotopic (exact) mass is 590 g/mol. The second-order valence-corrected chi connectivity index (χ2v) is 8.24. The molecule has 0 saturated carbocycles. The first kappa shape index (κ1) is 33.8. The van der Waals surface area contributed by atoms with Gasteiger partial charge in [0.2, 0.25) is 0 Å². The van der Waals surface area contributed by atoms with Crippen LogP contribution < -0.4 is 0 Å². The van der Waals surface area contributed by atoms with E-state index in [2.05, 4.69) is 9.47 Å². The van der Waals surface area contributed by atoms with E-state index in [1.54, 1.807) is 0 Å². The minimum atomic E-state index is -8.18. The average Bonchev–Trinajstić information content (AvgIpc) is 3.53. The van der Waals surface area contributed by atoms with Gasteiger partial charge < -0.3 is 9.47 Å². The molecule has 19 heteroatoms. The number of halogens is 17. The molecule has 1 heterocycles. The summed E-state index contributed by atoms with van der Waals surface area (Å²) in [7, 11) is 0. The summed E-state index contributed by atoms with van der Waals surface area (Å²) in [6.45, 7) is -1.99. The van der Waals surface area contributed by atoms with Crippen molar-refractivity contribution in [1.29, 1.82) is 0 Å². The predicted molar refractivity (Wildman–Crippen MR) is 88.9 cm³/mol. The third-order valence-electron chi connectivity index (χ3n) is 5.21. The molecule has 0 bridgehead atoms. The lowest BCUT2D eigenvalue weighted by Gasteiger charge is -2.42. The fraction of sp³-hybridized carbons (Fsp3) is 1.00. The lowest BCUT2D eigenvalue weighted by atomic mass is 9.87. The van der Waals surface area contributed by atoms with Gasteiger partial charge in [-0.15, -0.1) is 0 Å². The van der Waals surface area contributed by atoms with Crippen molar-refractivity contribution in [2.45, 2.75) is 92.3 Å². The first-order valence-corrected chi connectivity index (χ1v) is 10.2. The molecule has 1 saturated heterocycles. The molecule has 1 fully saturated rings. The van der Waals surface area contributed by atoms with E-state index in [0.29, 0.717) is 0 Å². The SMILES string of the molecule is FC(F)(F)CCCCCC(F)(F)C(F)(F)C(F)(F)C(F)(F)C(F)(F)C(F)(F)C(F)(F)CCOCC1CO1. The van der Waals surface area contributed by atoms with E-state index in [0.717, 1.165) is 0 Å². The van der Waals surface area contributed by atoms with Crippen molar-refractivity contribution in [3.63, 3.8) is 0 Å². The minimum Gasteiger partial charge on any atom is -0.378 e. The zero-order valence-corrected chi connectivity index (χ0v) is 18.2. The van der Waals surface area contributed by atoms with Gasteiger partial charge in [0, 0.05) is 19.3 Å². The van der Waals surface area contributed by atoms with Gasteiger partial charge in [0.1, 0.15) is 6.10 Å². The van der Waals surface area contributed by atoms with Crippen molar-refractivity contribution in [3.05, 3.63) is 0 Å². The summed E-state index contributed by atoms with van der Waals surface area (Å²) in [5.41, 5.74) is 0. The molecule has 0 aromatic heterocycles. The Labute approximate surface area is 197 Å². The minimum absolute atomic E-state index is 0.0539. The molecule has 1 aliphatic heterocycles. The maximum atomic E-state index is 13.8. The molecule has 0 N–H and O–H groups in total. The number of hydrogen-bond donors (Lipinski definition) is 0. The quantitative estimate of drug-likeness (QED) is 0.104. The van der Waals surface area contributed by atoms with Crippen LogP contribution in [0.4, 0.5) is 74.6 Å². The molecule has 0 aromatic rings. The number of ether oxygens (including phenoxy) is 2. The van der Waals surface area contributed by atoms with E-state index in [1.807, 2.05) is 0 Å². The molecule has 1 atom stereocenters. The van der Waals surface area contributed by atoms with Gasteiger partial charge in [-0.2, -0.15) is 74.6 Å². The fourth-order valence-electron chi connectivity index (χ4n) is 2.79. The molecule has 0 aromatic carbocycles. The van der Waals surface area contributed by atoms with E-state index in [4.69, 9.17) is 0 Å². The Morgan fingerprint density at radius 3 is 1.30 bits per heavy atom. The molecular weight excluding hydrogens is 571 g/mol. The summed E-state index contributed by atoms with van der Waals surface area (Å²) in [5.74, 6) is -51.9. The second kappa shape index (κ2) is 10.7. The van der Waals surface area contributed by atoms with Crippen LogP contribution in [0.25, 0.3) is 0 Å². The van der Waals surface area contributed by atoms with Gasteiger partial charge in [0.05, 0.1) is 19.8 Å². The van der Waals surface area contributed by atoms with Crippen molar-refractivity contribution < 1.29 is 84.1 Å². The Morgan fingerprint density at radius 1 is 0.514 bits per heavy atom. The van der Waals surface area contributed by atoms with Crippen molar-refractivity contribution in [3.8, 4) is 0 Å². The highest BCUT2D eigenvalue weighted by Gasteiger charge is 2.92. The van der Waals surface area contributed by atoms with Crippen LogP contribution in [0.15, 0.2) is 0 Å². The first-order valence-electron chi connectivity index (χ1n) is 10.2. The molecule has 222 valence electrons. The molecule has 0 amide bonds. The van der Waals surface area contributed by atoms with Crippen LogP contribution in [0.3, 0.4) is 0 Å². The third kappa shape index (κ3) is 6.84. The van der Waals surface area contributed by atoms with Gasteiger partial charge in [0.15, 0.2) is 0 Å². The fourth-order valence-corrected chi connectivity index (χ4v) is 2.79. The molecule has 1 rings (SSSR count). The Hall–Kier alpha value is -1.27. The molecular formula is C18H19F17O2. The Morgan fingerprint density at radius 2 is 0.892 bits per heavy atom. The van der Waals surface area contributed by atoms with Crippen LogP contribution in [0.2, 0.25) is 0 Å². The van der Waals surface area contributed by atoms with Crippen molar-refractivity contribution in [2.75, 3.05) is 19.8 Å². The van der Waals surface area contributed by atoms with Gasteiger partial charge in [-0.3, -0.25) is 0 Å². The number of unbranched alkanes of at least 4 members (excludes halogenated alkanes) is 2. The Kier molecular flexibility index (Phi) is 9.77. The largest absolute Gasteiger partial charge is 0.389 e. The average molecular weight is 590 g/mol. The smallest absolute Gasteiger partial charge is 0.378 e. The summed E-state index contributed by atoms with van der Waals surface area (Å²) in [5, 5.41) is 0. The van der Waals surface area contributed by atoms with E-state index in [9.17, 15) is 74.6 Å². The van der Waals surface area contributed by atoms with Crippen LogP contribution in [-0.2, 0) is 9.47 Å². The maximum Gasteiger partial charge on any atom is 0.389 e. The van der Waals surface area contributed by atoms with Crippen molar-refractivity contribution in [2.24, 2.45) is 0 Å². The molecule has 1 unspecified atom stereocenters. The van der Waals surface area contributed by atoms with Crippen LogP contribution >= 0.6 is 0 Å². The van der Waals surface area contributed by atoms with Crippen LogP contribution in [0.1, 0.15) is 38.5 Å². The topological polar surface area (TPSA) is 21.8 Å². The van der Waals surface area contributed by atoms with Gasteiger partial charge in [-0.05, 0) is 12.8 Å². The lowest BCUT2D eigenvalue weighted by molar-refractivity contribution is -0.442. The Bertz CT molecular complexity index is 743. The molecule has 0 radical (unpaired) electrons. The summed E-state index contributed by atoms with van der Waals surface area (Å²) in [4.78, 5) is 0. The molecule has 0 aliphatic carbocycles. The number of hydrogen-bond acceptors (Lipinski definition) is 2. The summed E-state index contributed by atoms with van der Waals surface area (Å²) in [6.07, 6.45) is -15.6. The number of rotatable bonds is 16. The van der Waals surface area contributed by atoms with Crippen LogP contribution in [-0.4, -0.2) is 73.6 Å². The second-order valence-electron chi connectivity index (χ2n) is 8.24. The number of alkyl halides is 17. The highest BCUT2D eigenvalue weighted by atomic mass is 19.4. The first-order chi connectivity index (χ1) is 16.3. The highest BCUT2D eigenvalue weighted by molar-refractivity contribution is 5.14. The summed E-state index contributed by atoms with van der Waals surface area (Å²) in [6, 6.07) is 0. The maximum absolute atomic E-state index is 13.8. The van der Waals surface area contributed by atoms with E-state index >= 15 is 0 Å².